The Bertz CT molecular complexity index is 1370. The van der Waals surface area contributed by atoms with E-state index in [1.54, 1.807) is 36.0 Å². The van der Waals surface area contributed by atoms with E-state index < -0.39 is 0 Å². The first-order valence-corrected chi connectivity index (χ1v) is 12.0. The van der Waals surface area contributed by atoms with Crippen molar-refractivity contribution in [2.45, 2.75) is 19.4 Å². The minimum absolute atomic E-state index is 0.0272. The zero-order chi connectivity index (χ0) is 24.1. The number of rotatable bonds is 4. The molecule has 0 atom stereocenters. The summed E-state index contributed by atoms with van der Waals surface area (Å²) in [5.74, 6) is 0.499. The minimum atomic E-state index is -0.260. The van der Waals surface area contributed by atoms with Gasteiger partial charge in [-0.25, -0.2) is 0 Å². The number of ether oxygens (including phenoxy) is 1. The van der Waals surface area contributed by atoms with Crippen molar-refractivity contribution >= 4 is 23.2 Å². The predicted molar refractivity (Wildman–Crippen MR) is 126 cm³/mol. The van der Waals surface area contributed by atoms with E-state index in [0.717, 1.165) is 37.6 Å². The number of hydrogen-bond acceptors (Lipinski definition) is 6. The monoisotopic (exact) mass is 472 g/mol. The molecule has 6 rings (SSSR count). The molecule has 9 nitrogen and oxygen atoms in total. The zero-order valence-electron chi connectivity index (χ0n) is 19.6. The van der Waals surface area contributed by atoms with Crippen LogP contribution in [-0.2, 0) is 24.8 Å². The number of carbonyl (C=O) groups is 3. The summed E-state index contributed by atoms with van der Waals surface area (Å²) < 4.78 is 7.34. The fourth-order valence-corrected chi connectivity index (χ4v) is 5.21. The molecule has 1 saturated heterocycles. The number of piperazine rings is 1. The number of hydrogen-bond donors (Lipinski definition) is 0. The van der Waals surface area contributed by atoms with Crippen molar-refractivity contribution in [3.63, 3.8) is 0 Å². The van der Waals surface area contributed by atoms with Crippen molar-refractivity contribution in [1.82, 2.24) is 14.7 Å². The lowest BCUT2D eigenvalue weighted by Gasteiger charge is -2.36. The Hall–Kier alpha value is -4.01. The third kappa shape index (κ3) is 3.58. The van der Waals surface area contributed by atoms with Gasteiger partial charge in [0, 0.05) is 60.6 Å². The lowest BCUT2D eigenvalue weighted by Crippen LogP contribution is -2.49. The van der Waals surface area contributed by atoms with Gasteiger partial charge in [0.25, 0.3) is 0 Å². The Morgan fingerprint density at radius 2 is 1.77 bits per heavy atom. The smallest absolute Gasteiger partial charge is 0.224 e. The Balaban J connectivity index is 1.12. The van der Waals surface area contributed by atoms with Crippen LogP contribution in [0.4, 0.5) is 5.69 Å². The number of ketones is 2. The second-order valence-electron chi connectivity index (χ2n) is 9.12. The van der Waals surface area contributed by atoms with Crippen molar-refractivity contribution < 1.29 is 23.9 Å². The predicted octanol–water partition coefficient (Wildman–Crippen LogP) is 1.16. The number of nitrogens with zero attached hydrogens (tertiary/aromatic N) is 5. The van der Waals surface area contributed by atoms with Crippen LogP contribution in [-0.4, -0.2) is 64.9 Å². The van der Waals surface area contributed by atoms with E-state index in [0.29, 0.717) is 24.2 Å². The molecule has 1 amide bonds. The van der Waals surface area contributed by atoms with Crippen LogP contribution in [0.5, 0.6) is 5.75 Å². The molecule has 3 heterocycles. The Morgan fingerprint density at radius 3 is 2.54 bits per heavy atom. The van der Waals surface area contributed by atoms with Crippen LogP contribution in [0.25, 0.3) is 0 Å². The van der Waals surface area contributed by atoms with Crippen molar-refractivity contribution in [1.29, 1.82) is 0 Å². The molecular formula is C26H26N5O4+. The maximum absolute atomic E-state index is 13.1. The summed E-state index contributed by atoms with van der Waals surface area (Å²) in [4.78, 5) is 44.7. The topological polar surface area (TPSA) is 88.6 Å². The third-order valence-corrected chi connectivity index (χ3v) is 7.14. The van der Waals surface area contributed by atoms with Gasteiger partial charge >= 0.3 is 0 Å². The molecule has 3 aromatic rings. The molecule has 0 N–H and O–H groups in total. The molecule has 0 bridgehead atoms. The third-order valence-electron chi connectivity index (χ3n) is 7.14. The highest BCUT2D eigenvalue weighted by atomic mass is 16.5. The number of fused-ring (bicyclic) bond motifs is 3. The quantitative estimate of drug-likeness (QED) is 0.414. The number of aromatic nitrogens is 3. The molecular weight excluding hydrogens is 446 g/mol. The van der Waals surface area contributed by atoms with Gasteiger partial charge in [-0.3, -0.25) is 14.4 Å². The maximum atomic E-state index is 13.1. The molecule has 0 saturated carbocycles. The van der Waals surface area contributed by atoms with Gasteiger partial charge in [0.1, 0.15) is 5.75 Å². The van der Waals surface area contributed by atoms with Gasteiger partial charge in [-0.2, -0.15) is 0 Å². The first-order valence-electron chi connectivity index (χ1n) is 12.0. The van der Waals surface area contributed by atoms with E-state index in [-0.39, 0.29) is 41.8 Å². The number of benzene rings is 2. The van der Waals surface area contributed by atoms with Crippen LogP contribution in [0.1, 0.15) is 44.1 Å². The van der Waals surface area contributed by atoms with Crippen molar-refractivity contribution in [3.8, 4) is 5.75 Å². The molecule has 0 spiro atoms. The maximum Gasteiger partial charge on any atom is 0.224 e. The highest BCUT2D eigenvalue weighted by molar-refractivity contribution is 6.26. The lowest BCUT2D eigenvalue weighted by atomic mass is 9.90. The van der Waals surface area contributed by atoms with Gasteiger partial charge in [-0.15, -0.1) is 4.68 Å². The van der Waals surface area contributed by atoms with Crippen molar-refractivity contribution in [2.75, 3.05) is 37.7 Å². The summed E-state index contributed by atoms with van der Waals surface area (Å²) in [5.41, 5.74) is 3.54. The molecule has 1 fully saturated rings. The minimum Gasteiger partial charge on any atom is -0.493 e. The number of amides is 1. The summed E-state index contributed by atoms with van der Waals surface area (Å²) in [7, 11) is 1.69. The molecule has 1 aromatic heterocycles. The van der Waals surface area contributed by atoms with Gasteiger partial charge < -0.3 is 14.5 Å². The first-order chi connectivity index (χ1) is 17.0. The standard InChI is InChI=1S/C26H26N5O4/c1-28-27-23-24(26(34)20-5-3-2-4-19(20)25(23)33)31(28)10-8-22(32)30-13-11-29(12-14-30)18-7-6-17-9-15-35-21(17)16-18/h2-7,16H,8-15H2,1H3/q+1. The van der Waals surface area contributed by atoms with Gasteiger partial charge in [-0.1, -0.05) is 30.3 Å². The van der Waals surface area contributed by atoms with Crippen molar-refractivity contribution in [3.05, 3.63) is 70.5 Å². The van der Waals surface area contributed by atoms with Crippen LogP contribution in [0.2, 0.25) is 0 Å². The van der Waals surface area contributed by atoms with Gasteiger partial charge in [0.15, 0.2) is 12.7 Å². The molecule has 178 valence electrons. The van der Waals surface area contributed by atoms with Crippen LogP contribution in [0.15, 0.2) is 42.5 Å². The molecule has 0 unspecified atom stereocenters. The summed E-state index contributed by atoms with van der Waals surface area (Å²) in [5, 5.41) is 4.31. The number of anilines is 1. The lowest BCUT2D eigenvalue weighted by molar-refractivity contribution is -0.805. The highest BCUT2D eigenvalue weighted by Gasteiger charge is 2.39. The average molecular weight is 473 g/mol. The summed E-state index contributed by atoms with van der Waals surface area (Å²) in [6, 6.07) is 13.1. The van der Waals surface area contributed by atoms with Crippen LogP contribution < -0.4 is 14.4 Å². The normalized spacial score (nSPS) is 16.6. The van der Waals surface area contributed by atoms with Crippen LogP contribution >= 0.6 is 0 Å². The summed E-state index contributed by atoms with van der Waals surface area (Å²) >= 11 is 0. The van der Waals surface area contributed by atoms with Crippen LogP contribution in [0.3, 0.4) is 0 Å². The molecule has 0 radical (unpaired) electrons. The molecule has 35 heavy (non-hydrogen) atoms. The van der Waals surface area contributed by atoms with E-state index in [4.69, 9.17) is 4.74 Å². The molecule has 3 aliphatic rings. The average Bonchev–Trinajstić information content (AvgIpc) is 3.49. The number of aryl methyl sites for hydroxylation is 1. The fraction of sp³-hybridized carbons (Fsp3) is 0.346. The SMILES string of the molecule is C[n+]1nc2c(n1CCC(=O)N1CCN(c3ccc4c(c3)OCC4)CC1)C(=O)c1ccccc1C2=O. The number of carbonyl (C=O) groups excluding carboxylic acids is 3. The van der Waals surface area contributed by atoms with E-state index in [1.165, 1.54) is 10.4 Å². The Kier molecular flexibility index (Phi) is 5.12. The zero-order valence-corrected chi connectivity index (χ0v) is 19.6. The van der Waals surface area contributed by atoms with E-state index in [1.807, 2.05) is 4.90 Å². The second-order valence-corrected chi connectivity index (χ2v) is 9.12. The Labute approximate surface area is 202 Å². The largest absolute Gasteiger partial charge is 0.493 e. The summed E-state index contributed by atoms with van der Waals surface area (Å²) in [6.07, 6.45) is 1.19. The molecule has 9 heteroatoms. The summed E-state index contributed by atoms with van der Waals surface area (Å²) in [6.45, 7) is 3.79. The second kappa shape index (κ2) is 8.33. The van der Waals surface area contributed by atoms with E-state index >= 15 is 0 Å². The fourth-order valence-electron chi connectivity index (χ4n) is 5.21. The first kappa shape index (κ1) is 21.5. The van der Waals surface area contributed by atoms with E-state index in [2.05, 4.69) is 28.2 Å². The van der Waals surface area contributed by atoms with Crippen LogP contribution in [0, 0.1) is 0 Å². The van der Waals surface area contributed by atoms with Crippen molar-refractivity contribution in [2.24, 2.45) is 7.05 Å². The van der Waals surface area contributed by atoms with Gasteiger partial charge in [0.2, 0.25) is 23.2 Å². The molecule has 1 aliphatic carbocycles. The van der Waals surface area contributed by atoms with Gasteiger partial charge in [0.05, 0.1) is 19.6 Å². The Morgan fingerprint density at radius 1 is 1.03 bits per heavy atom. The van der Waals surface area contributed by atoms with E-state index in [9.17, 15) is 14.4 Å². The molecule has 2 aliphatic heterocycles. The van der Waals surface area contributed by atoms with Gasteiger partial charge in [-0.05, 0) is 16.4 Å². The molecule has 2 aromatic carbocycles. The highest BCUT2D eigenvalue weighted by Crippen LogP contribution is 2.30.